The van der Waals surface area contributed by atoms with Crippen molar-refractivity contribution in [3.05, 3.63) is 53.7 Å². The summed E-state index contributed by atoms with van der Waals surface area (Å²) in [6, 6.07) is 9.91. The summed E-state index contributed by atoms with van der Waals surface area (Å²) in [5, 5.41) is 19.4. The van der Waals surface area contributed by atoms with E-state index in [0.717, 1.165) is 35.6 Å². The fourth-order valence-corrected chi connectivity index (χ4v) is 4.99. The first-order valence-electron chi connectivity index (χ1n) is 12.5. The average molecular weight is 507 g/mol. The minimum atomic E-state index is -0.545. The van der Waals surface area contributed by atoms with Gasteiger partial charge >= 0.3 is 0 Å². The molecule has 0 saturated carbocycles. The maximum atomic E-state index is 13.3. The zero-order valence-corrected chi connectivity index (χ0v) is 22.1. The Balaban J connectivity index is 1.68. The molecule has 0 aromatic carbocycles. The lowest BCUT2D eigenvalue weighted by atomic mass is 10.0. The number of thiophene rings is 1. The van der Waals surface area contributed by atoms with Gasteiger partial charge in [0.2, 0.25) is 0 Å². The minimum Gasteiger partial charge on any atom is -0.392 e. The maximum Gasteiger partial charge on any atom is 0.165 e. The van der Waals surface area contributed by atoms with E-state index in [4.69, 9.17) is 9.97 Å². The Morgan fingerprint density at radius 3 is 2.67 bits per heavy atom. The summed E-state index contributed by atoms with van der Waals surface area (Å²) in [6.07, 6.45) is 4.31. The average Bonchev–Trinajstić information content (AvgIpc) is 3.56. The first-order chi connectivity index (χ1) is 17.4. The van der Waals surface area contributed by atoms with Gasteiger partial charge in [0.05, 0.1) is 34.1 Å². The highest BCUT2D eigenvalue weighted by molar-refractivity contribution is 7.13. The smallest absolute Gasteiger partial charge is 0.165 e. The number of aromatic nitrogens is 4. The molecule has 9 heteroatoms. The zero-order chi connectivity index (χ0) is 25.7. The summed E-state index contributed by atoms with van der Waals surface area (Å²) in [7, 11) is 0. The highest BCUT2D eigenvalue weighted by Crippen LogP contribution is 2.28. The molecular weight excluding hydrogens is 472 g/mol. The lowest BCUT2D eigenvalue weighted by Gasteiger charge is -2.26. The second kappa shape index (κ2) is 11.7. The van der Waals surface area contributed by atoms with Crippen molar-refractivity contribution in [2.45, 2.75) is 52.7 Å². The summed E-state index contributed by atoms with van der Waals surface area (Å²) >= 11 is 1.63. The van der Waals surface area contributed by atoms with Crippen molar-refractivity contribution < 1.29 is 9.90 Å². The van der Waals surface area contributed by atoms with Gasteiger partial charge in [0, 0.05) is 30.8 Å². The third kappa shape index (κ3) is 5.98. The highest BCUT2D eigenvalue weighted by atomic mass is 32.1. The molecular formula is C27H34N6O2S. The molecule has 0 saturated heterocycles. The Hall–Kier alpha value is -3.14. The number of pyridine rings is 1. The molecule has 0 radical (unpaired) electrons. The first-order valence-corrected chi connectivity index (χ1v) is 13.4. The van der Waals surface area contributed by atoms with Gasteiger partial charge in [0.25, 0.3) is 0 Å². The van der Waals surface area contributed by atoms with Gasteiger partial charge in [-0.25, -0.2) is 14.5 Å². The molecule has 0 unspecified atom stereocenters. The highest BCUT2D eigenvalue weighted by Gasteiger charge is 2.18. The van der Waals surface area contributed by atoms with Crippen LogP contribution in [-0.2, 0) is 0 Å². The maximum absolute atomic E-state index is 13.3. The normalized spacial score (nSPS) is 13.3. The van der Waals surface area contributed by atoms with Gasteiger partial charge in [-0.1, -0.05) is 19.9 Å². The van der Waals surface area contributed by atoms with E-state index in [1.807, 2.05) is 35.8 Å². The molecule has 0 bridgehead atoms. The van der Waals surface area contributed by atoms with Crippen molar-refractivity contribution in [2.24, 2.45) is 0 Å². The molecule has 190 valence electrons. The quantitative estimate of drug-likeness (QED) is 0.261. The van der Waals surface area contributed by atoms with Gasteiger partial charge in [-0.2, -0.15) is 5.10 Å². The van der Waals surface area contributed by atoms with Crippen LogP contribution < -0.4 is 5.32 Å². The van der Waals surface area contributed by atoms with Crippen molar-refractivity contribution in [1.29, 1.82) is 0 Å². The van der Waals surface area contributed by atoms with Crippen LogP contribution in [0.1, 0.15) is 50.9 Å². The van der Waals surface area contributed by atoms with Crippen LogP contribution in [-0.4, -0.2) is 67.2 Å². The Bertz CT molecular complexity index is 1300. The number of anilines is 1. The molecule has 0 aliphatic carbocycles. The SMILES string of the molecule is CCN(CC)[C@@H](C)CCC(=O)c1cc(NC[C@@H](C)O)nc(-c2cnn3ccc(-c4cccs4)nc23)c1. The number of carbonyl (C=O) groups excluding carboxylic acids is 1. The molecule has 8 nitrogen and oxygen atoms in total. The lowest BCUT2D eigenvalue weighted by Crippen LogP contribution is -2.33. The molecule has 4 rings (SSSR count). The van der Waals surface area contributed by atoms with E-state index < -0.39 is 6.10 Å². The van der Waals surface area contributed by atoms with Crippen LogP contribution in [0.25, 0.3) is 27.5 Å². The van der Waals surface area contributed by atoms with Crippen molar-refractivity contribution in [1.82, 2.24) is 24.5 Å². The summed E-state index contributed by atoms with van der Waals surface area (Å²) in [5.74, 6) is 0.615. The van der Waals surface area contributed by atoms with Gasteiger partial charge in [0.1, 0.15) is 5.82 Å². The molecule has 0 amide bonds. The second-order valence-corrected chi connectivity index (χ2v) is 9.95. The summed E-state index contributed by atoms with van der Waals surface area (Å²) in [4.78, 5) is 26.3. The topological polar surface area (TPSA) is 95.7 Å². The van der Waals surface area contributed by atoms with Gasteiger partial charge in [-0.15, -0.1) is 11.3 Å². The number of carbonyl (C=O) groups is 1. The van der Waals surface area contributed by atoms with Crippen LogP contribution in [0.2, 0.25) is 0 Å². The van der Waals surface area contributed by atoms with E-state index in [0.29, 0.717) is 41.7 Å². The largest absolute Gasteiger partial charge is 0.392 e. The number of hydrogen-bond donors (Lipinski definition) is 2. The number of nitrogens with one attached hydrogen (secondary N) is 1. The van der Waals surface area contributed by atoms with E-state index in [9.17, 15) is 9.90 Å². The molecule has 0 aliphatic rings. The number of Topliss-reactive ketones (excluding diaryl/α,β-unsaturated/α-hetero) is 1. The fourth-order valence-electron chi connectivity index (χ4n) is 4.30. The predicted molar refractivity (Wildman–Crippen MR) is 146 cm³/mol. The van der Waals surface area contributed by atoms with E-state index in [1.54, 1.807) is 35.0 Å². The number of aliphatic hydroxyl groups is 1. The predicted octanol–water partition coefficient (Wildman–Crippen LogP) is 5.01. The Morgan fingerprint density at radius 2 is 1.97 bits per heavy atom. The van der Waals surface area contributed by atoms with E-state index in [1.165, 1.54) is 0 Å². The Labute approximate surface area is 216 Å². The molecule has 0 fully saturated rings. The van der Waals surface area contributed by atoms with Gasteiger partial charge < -0.3 is 15.3 Å². The first kappa shape index (κ1) is 25.9. The molecule has 4 aromatic heterocycles. The zero-order valence-electron chi connectivity index (χ0n) is 21.3. The van der Waals surface area contributed by atoms with Gasteiger partial charge in [-0.05, 0) is 63.0 Å². The third-order valence-electron chi connectivity index (χ3n) is 6.37. The molecule has 2 N–H and O–H groups in total. The fraction of sp³-hybridized carbons (Fsp3) is 0.407. The van der Waals surface area contributed by atoms with Crippen molar-refractivity contribution in [3.8, 4) is 21.8 Å². The lowest BCUT2D eigenvalue weighted by molar-refractivity contribution is 0.0964. The van der Waals surface area contributed by atoms with E-state index >= 15 is 0 Å². The van der Waals surface area contributed by atoms with Crippen molar-refractivity contribution in [3.63, 3.8) is 0 Å². The van der Waals surface area contributed by atoms with Crippen LogP contribution in [0.15, 0.2) is 48.1 Å². The molecule has 36 heavy (non-hydrogen) atoms. The summed E-state index contributed by atoms with van der Waals surface area (Å²) in [6.45, 7) is 10.4. The second-order valence-electron chi connectivity index (χ2n) is 9.00. The summed E-state index contributed by atoms with van der Waals surface area (Å²) in [5.41, 5.74) is 3.50. The monoisotopic (exact) mass is 506 g/mol. The third-order valence-corrected chi connectivity index (χ3v) is 7.26. The number of aliphatic hydroxyl groups excluding tert-OH is 1. The molecule has 0 spiro atoms. The molecule has 0 aliphatic heterocycles. The van der Waals surface area contributed by atoms with E-state index in [-0.39, 0.29) is 5.78 Å². The van der Waals surface area contributed by atoms with Gasteiger partial charge in [-0.3, -0.25) is 4.79 Å². The van der Waals surface area contributed by atoms with Crippen LogP contribution in [0.3, 0.4) is 0 Å². The van der Waals surface area contributed by atoms with Crippen LogP contribution in [0, 0.1) is 0 Å². The summed E-state index contributed by atoms with van der Waals surface area (Å²) < 4.78 is 1.72. The van der Waals surface area contributed by atoms with Crippen LogP contribution in [0.5, 0.6) is 0 Å². The Kier molecular flexibility index (Phi) is 8.45. The molecule has 2 atom stereocenters. The standard InChI is InChI=1S/C27H34N6O2S/c1-5-32(6-2)18(3)9-10-24(35)20-14-23(30-26(15-20)28-16-19(4)34)21-17-29-33-12-11-22(31-27(21)33)25-8-7-13-36-25/h7-8,11-15,17-19,34H,5-6,9-10,16H2,1-4H3,(H,28,30)/t18-,19+/m0/s1. The number of nitrogens with zero attached hydrogens (tertiary/aromatic N) is 5. The van der Waals surface area contributed by atoms with E-state index in [2.05, 4.69) is 36.1 Å². The minimum absolute atomic E-state index is 0.0708. The van der Waals surface area contributed by atoms with Crippen LogP contribution >= 0.6 is 11.3 Å². The van der Waals surface area contributed by atoms with Crippen molar-refractivity contribution in [2.75, 3.05) is 25.0 Å². The molecule has 4 aromatic rings. The number of ketones is 1. The van der Waals surface area contributed by atoms with Crippen LogP contribution in [0.4, 0.5) is 5.82 Å². The Morgan fingerprint density at radius 1 is 1.17 bits per heavy atom. The van der Waals surface area contributed by atoms with Gasteiger partial charge in [0.15, 0.2) is 11.4 Å². The number of fused-ring (bicyclic) bond motifs is 1. The number of hydrogen-bond acceptors (Lipinski definition) is 8. The molecule has 4 heterocycles. The number of rotatable bonds is 12. The van der Waals surface area contributed by atoms with Crippen molar-refractivity contribution >= 4 is 28.6 Å².